The van der Waals surface area contributed by atoms with Gasteiger partial charge in [-0.05, 0) is 30.5 Å². The molecule has 0 atom stereocenters. The molecule has 0 amide bonds. The number of carbonyl (C=O) groups is 1. The summed E-state index contributed by atoms with van der Waals surface area (Å²) in [6.07, 6.45) is 1.40. The molecule has 1 fully saturated rings. The first-order chi connectivity index (χ1) is 9.73. The zero-order chi connectivity index (χ0) is 15.0. The fraction of sp³-hybridized carbons (Fsp3) is 0.562. The minimum absolute atomic E-state index is 0.0476. The number of ether oxygens (including phenoxy) is 2. The fourth-order valence-corrected chi connectivity index (χ4v) is 2.74. The van der Waals surface area contributed by atoms with Crippen LogP contribution in [0.15, 0.2) is 24.3 Å². The predicted molar refractivity (Wildman–Crippen MR) is 81.8 cm³/mol. The molecule has 0 unspecified atom stereocenters. The van der Waals surface area contributed by atoms with Crippen LogP contribution in [0.1, 0.15) is 32.3 Å². The van der Waals surface area contributed by atoms with Gasteiger partial charge in [-0.2, -0.15) is 0 Å². The van der Waals surface area contributed by atoms with Crippen LogP contribution in [0.3, 0.4) is 0 Å². The van der Waals surface area contributed by atoms with Crippen molar-refractivity contribution in [3.63, 3.8) is 0 Å². The zero-order valence-corrected chi connectivity index (χ0v) is 13.2. The Morgan fingerprint density at radius 3 is 2.25 bits per heavy atom. The number of methoxy groups -OCH3 is 1. The molecule has 0 spiro atoms. The first kappa shape index (κ1) is 17.0. The summed E-state index contributed by atoms with van der Waals surface area (Å²) in [4.78, 5) is 12.2. The van der Waals surface area contributed by atoms with Gasteiger partial charge in [0.15, 0.2) is 5.78 Å². The maximum Gasteiger partial charge on any atom is 0.158 e. The van der Waals surface area contributed by atoms with Crippen LogP contribution in [0.25, 0.3) is 0 Å². The Balaban J connectivity index is 0.000000956. The van der Waals surface area contributed by atoms with Gasteiger partial charge in [0.25, 0.3) is 0 Å². The van der Waals surface area contributed by atoms with E-state index in [1.807, 2.05) is 38.1 Å². The molecule has 0 aromatic heterocycles. The van der Waals surface area contributed by atoms with Crippen molar-refractivity contribution in [2.75, 3.05) is 26.2 Å². The number of ketones is 1. The summed E-state index contributed by atoms with van der Waals surface area (Å²) in [5.74, 6) is 0.920. The average Bonchev–Trinajstić information content (AvgIpc) is 2.56. The molecular formula is C16H23ClO3. The van der Waals surface area contributed by atoms with Crippen molar-refractivity contribution in [2.45, 2.75) is 32.1 Å². The Hall–Kier alpha value is -1.06. The molecule has 0 N–H and O–H groups in total. The summed E-state index contributed by atoms with van der Waals surface area (Å²) in [5.41, 5.74) is 0.531. The molecule has 1 saturated heterocycles. The van der Waals surface area contributed by atoms with Gasteiger partial charge in [0.2, 0.25) is 0 Å². The smallest absolute Gasteiger partial charge is 0.158 e. The van der Waals surface area contributed by atoms with Gasteiger partial charge in [0.1, 0.15) is 5.75 Å². The lowest BCUT2D eigenvalue weighted by Crippen LogP contribution is -2.42. The van der Waals surface area contributed by atoms with E-state index in [9.17, 15) is 4.79 Å². The quantitative estimate of drug-likeness (QED) is 0.797. The first-order valence-electron chi connectivity index (χ1n) is 7.04. The summed E-state index contributed by atoms with van der Waals surface area (Å²) in [6.45, 7) is 5.21. The topological polar surface area (TPSA) is 35.5 Å². The van der Waals surface area contributed by atoms with E-state index in [1.54, 1.807) is 7.11 Å². The Kier molecular flexibility index (Phi) is 7.03. The van der Waals surface area contributed by atoms with Crippen LogP contribution in [0, 0.1) is 0 Å². The molecule has 0 saturated carbocycles. The molecule has 1 aliphatic heterocycles. The standard InChI is InChI=1S/C14H17ClO3.C2H6/c1-17-12-4-2-11(3-5-12)14(13(16)10-15)6-8-18-9-7-14;1-2/h2-5H,6-10H2,1H3;1-2H3. The molecule has 1 aliphatic rings. The number of benzene rings is 1. The highest BCUT2D eigenvalue weighted by atomic mass is 35.5. The van der Waals surface area contributed by atoms with E-state index in [1.165, 1.54) is 0 Å². The predicted octanol–water partition coefficient (Wildman–Crippen LogP) is 3.58. The molecule has 0 radical (unpaired) electrons. The normalized spacial score (nSPS) is 16.8. The van der Waals surface area contributed by atoms with E-state index in [-0.39, 0.29) is 11.7 Å². The van der Waals surface area contributed by atoms with Gasteiger partial charge in [-0.3, -0.25) is 4.79 Å². The molecule has 4 heteroatoms. The van der Waals surface area contributed by atoms with Crippen molar-refractivity contribution in [3.8, 4) is 5.75 Å². The molecule has 1 aromatic carbocycles. The van der Waals surface area contributed by atoms with Gasteiger partial charge in [0, 0.05) is 13.2 Å². The van der Waals surface area contributed by atoms with Gasteiger partial charge in [-0.1, -0.05) is 26.0 Å². The number of carbonyl (C=O) groups excluding carboxylic acids is 1. The summed E-state index contributed by atoms with van der Waals surface area (Å²) in [5, 5.41) is 0. The Morgan fingerprint density at radius 1 is 1.25 bits per heavy atom. The van der Waals surface area contributed by atoms with Gasteiger partial charge >= 0.3 is 0 Å². The van der Waals surface area contributed by atoms with Crippen LogP contribution in [-0.2, 0) is 14.9 Å². The zero-order valence-electron chi connectivity index (χ0n) is 12.4. The Bertz CT molecular complexity index is 408. The lowest BCUT2D eigenvalue weighted by Gasteiger charge is -2.35. The monoisotopic (exact) mass is 298 g/mol. The highest BCUT2D eigenvalue weighted by Crippen LogP contribution is 2.36. The summed E-state index contributed by atoms with van der Waals surface area (Å²) in [7, 11) is 1.63. The van der Waals surface area contributed by atoms with Crippen molar-refractivity contribution < 1.29 is 14.3 Å². The third-order valence-electron chi connectivity index (χ3n) is 3.64. The fourth-order valence-electron chi connectivity index (χ4n) is 2.49. The van der Waals surface area contributed by atoms with Gasteiger partial charge in [-0.25, -0.2) is 0 Å². The van der Waals surface area contributed by atoms with Gasteiger partial charge in [0.05, 0.1) is 18.4 Å². The Labute approximate surface area is 126 Å². The average molecular weight is 299 g/mol. The van der Waals surface area contributed by atoms with Crippen molar-refractivity contribution in [3.05, 3.63) is 29.8 Å². The van der Waals surface area contributed by atoms with E-state index >= 15 is 0 Å². The molecule has 1 heterocycles. The van der Waals surface area contributed by atoms with Crippen molar-refractivity contribution in [1.29, 1.82) is 0 Å². The van der Waals surface area contributed by atoms with Crippen LogP contribution in [0.4, 0.5) is 0 Å². The number of halogens is 1. The molecule has 1 aromatic rings. The molecule has 2 rings (SSSR count). The van der Waals surface area contributed by atoms with Crippen molar-refractivity contribution in [1.82, 2.24) is 0 Å². The molecule has 112 valence electrons. The van der Waals surface area contributed by atoms with E-state index in [0.29, 0.717) is 26.1 Å². The van der Waals surface area contributed by atoms with Crippen LogP contribution in [0.2, 0.25) is 0 Å². The van der Waals surface area contributed by atoms with E-state index in [4.69, 9.17) is 21.1 Å². The minimum Gasteiger partial charge on any atom is -0.497 e. The van der Waals surface area contributed by atoms with Crippen molar-refractivity contribution in [2.24, 2.45) is 0 Å². The summed E-state index contributed by atoms with van der Waals surface area (Å²) >= 11 is 5.77. The number of rotatable bonds is 4. The number of Topliss-reactive ketones (excluding diaryl/α,β-unsaturated/α-hetero) is 1. The third kappa shape index (κ3) is 3.53. The second-order valence-corrected chi connectivity index (χ2v) is 4.75. The lowest BCUT2D eigenvalue weighted by atomic mass is 9.71. The lowest BCUT2D eigenvalue weighted by molar-refractivity contribution is -0.125. The second-order valence-electron chi connectivity index (χ2n) is 4.48. The molecule has 20 heavy (non-hydrogen) atoms. The van der Waals surface area contributed by atoms with Crippen LogP contribution >= 0.6 is 11.6 Å². The number of hydrogen-bond acceptors (Lipinski definition) is 3. The highest BCUT2D eigenvalue weighted by Gasteiger charge is 2.40. The molecule has 0 bridgehead atoms. The van der Waals surface area contributed by atoms with Gasteiger partial charge < -0.3 is 9.47 Å². The van der Waals surface area contributed by atoms with E-state index in [0.717, 1.165) is 11.3 Å². The third-order valence-corrected chi connectivity index (χ3v) is 3.89. The van der Waals surface area contributed by atoms with E-state index in [2.05, 4.69) is 0 Å². The molecular weight excluding hydrogens is 276 g/mol. The minimum atomic E-state index is -0.480. The van der Waals surface area contributed by atoms with Gasteiger partial charge in [-0.15, -0.1) is 11.6 Å². The maximum absolute atomic E-state index is 12.2. The van der Waals surface area contributed by atoms with Crippen molar-refractivity contribution >= 4 is 17.4 Å². The van der Waals surface area contributed by atoms with Crippen LogP contribution in [0.5, 0.6) is 5.75 Å². The molecule has 0 aliphatic carbocycles. The van der Waals surface area contributed by atoms with Crippen LogP contribution in [-0.4, -0.2) is 32.0 Å². The maximum atomic E-state index is 12.2. The largest absolute Gasteiger partial charge is 0.497 e. The van der Waals surface area contributed by atoms with E-state index < -0.39 is 5.41 Å². The SMILES string of the molecule is CC.COc1ccc(C2(C(=O)CCl)CCOCC2)cc1. The van der Waals surface area contributed by atoms with Crippen LogP contribution < -0.4 is 4.74 Å². The summed E-state index contributed by atoms with van der Waals surface area (Å²) < 4.78 is 10.5. The summed E-state index contributed by atoms with van der Waals surface area (Å²) in [6, 6.07) is 7.67. The molecule has 3 nitrogen and oxygen atoms in total. The number of hydrogen-bond donors (Lipinski definition) is 0. The first-order valence-corrected chi connectivity index (χ1v) is 7.58. The highest BCUT2D eigenvalue weighted by molar-refractivity contribution is 6.29. The Morgan fingerprint density at radius 2 is 1.80 bits per heavy atom. The second kappa shape index (κ2) is 8.28. The number of alkyl halides is 1.